The molecule has 0 spiro atoms. The zero-order valence-corrected chi connectivity index (χ0v) is 23.9. The van der Waals surface area contributed by atoms with Gasteiger partial charge in [-0.1, -0.05) is 146 Å². The molecule has 0 atom stereocenters. The largest absolute Gasteiger partial charge is 0.247 e. The van der Waals surface area contributed by atoms with Crippen LogP contribution in [0.4, 0.5) is 0 Å². The number of rotatable bonds is 5. The van der Waals surface area contributed by atoms with Crippen molar-refractivity contribution in [2.75, 3.05) is 0 Å². The van der Waals surface area contributed by atoms with E-state index in [1.165, 1.54) is 10.9 Å². The molecule has 3 heteroatoms. The Labute approximate surface area is 256 Å². The normalized spacial score (nSPS) is 11.2. The highest BCUT2D eigenvalue weighted by molar-refractivity contribution is 6.17. The van der Waals surface area contributed by atoms with E-state index in [9.17, 15) is 0 Å². The van der Waals surface area contributed by atoms with Crippen molar-refractivity contribution in [2.24, 2.45) is 0 Å². The minimum Gasteiger partial charge on any atom is -0.247 e. The summed E-state index contributed by atoms with van der Waals surface area (Å²) in [5.41, 5.74) is 10.3. The molecule has 206 valence electrons. The van der Waals surface area contributed by atoms with E-state index in [4.69, 9.17) is 15.0 Å². The predicted octanol–water partition coefficient (Wildman–Crippen LogP) is 10.5. The van der Waals surface area contributed by atoms with Crippen molar-refractivity contribution in [2.45, 2.75) is 0 Å². The zero-order valence-electron chi connectivity index (χ0n) is 23.9. The third kappa shape index (κ3) is 4.71. The van der Waals surface area contributed by atoms with Gasteiger partial charge in [-0.3, -0.25) is 0 Å². The van der Waals surface area contributed by atoms with Gasteiger partial charge in [-0.25, -0.2) is 15.0 Å². The first kappa shape index (κ1) is 25.8. The second-order valence-electron chi connectivity index (χ2n) is 10.8. The van der Waals surface area contributed by atoms with E-state index in [0.29, 0.717) is 5.82 Å². The molecule has 6 aromatic carbocycles. The Kier molecular flexibility index (Phi) is 6.47. The number of fused-ring (bicyclic) bond motifs is 3. The van der Waals surface area contributed by atoms with Crippen molar-refractivity contribution in [3.63, 3.8) is 0 Å². The first-order valence-electron chi connectivity index (χ1n) is 14.8. The molecular formula is C41H27N3. The number of nitrogens with zero attached hydrogens (tertiary/aromatic N) is 3. The van der Waals surface area contributed by atoms with E-state index in [1.54, 1.807) is 0 Å². The number of aromatic nitrogens is 3. The second kappa shape index (κ2) is 11.0. The van der Waals surface area contributed by atoms with Gasteiger partial charge in [-0.05, 0) is 29.3 Å². The Balaban J connectivity index is 1.34. The summed E-state index contributed by atoms with van der Waals surface area (Å²) in [6.45, 7) is 0. The van der Waals surface area contributed by atoms with Crippen LogP contribution in [0.5, 0.6) is 0 Å². The van der Waals surface area contributed by atoms with Gasteiger partial charge in [0.05, 0.1) is 22.6 Å². The maximum absolute atomic E-state index is 5.13. The van der Waals surface area contributed by atoms with E-state index in [1.807, 2.05) is 42.5 Å². The van der Waals surface area contributed by atoms with Crippen molar-refractivity contribution in [1.29, 1.82) is 0 Å². The summed E-state index contributed by atoms with van der Waals surface area (Å²) in [5.74, 6) is 0.710. The molecule has 8 aromatic rings. The lowest BCUT2D eigenvalue weighted by atomic mass is 9.92. The van der Waals surface area contributed by atoms with Gasteiger partial charge in [0, 0.05) is 38.4 Å². The fourth-order valence-corrected chi connectivity index (χ4v) is 5.97. The number of para-hydroxylation sites is 1. The molecule has 0 saturated heterocycles. The minimum atomic E-state index is 0.710. The quantitative estimate of drug-likeness (QED) is 0.196. The Hall–Kier alpha value is -5.93. The third-order valence-corrected chi connectivity index (χ3v) is 8.07. The van der Waals surface area contributed by atoms with Crippen molar-refractivity contribution in [3.8, 4) is 56.3 Å². The van der Waals surface area contributed by atoms with Crippen LogP contribution < -0.4 is 0 Å². The molecule has 44 heavy (non-hydrogen) atoms. The van der Waals surface area contributed by atoms with Gasteiger partial charge in [0.15, 0.2) is 5.82 Å². The minimum absolute atomic E-state index is 0.710. The lowest BCUT2D eigenvalue weighted by molar-refractivity contribution is 1.18. The molecule has 0 N–H and O–H groups in total. The summed E-state index contributed by atoms with van der Waals surface area (Å²) < 4.78 is 0. The van der Waals surface area contributed by atoms with Gasteiger partial charge < -0.3 is 0 Å². The maximum atomic E-state index is 5.13. The van der Waals surface area contributed by atoms with E-state index in [0.717, 1.165) is 61.2 Å². The summed E-state index contributed by atoms with van der Waals surface area (Å²) in [7, 11) is 0. The van der Waals surface area contributed by atoms with E-state index < -0.39 is 0 Å². The summed E-state index contributed by atoms with van der Waals surface area (Å²) in [6.07, 6.45) is 0. The number of pyridine rings is 1. The maximum Gasteiger partial charge on any atom is 0.160 e. The highest BCUT2D eigenvalue weighted by Crippen LogP contribution is 2.39. The summed E-state index contributed by atoms with van der Waals surface area (Å²) >= 11 is 0. The zero-order chi connectivity index (χ0) is 29.3. The van der Waals surface area contributed by atoms with Crippen LogP contribution in [-0.4, -0.2) is 15.0 Å². The Bertz CT molecular complexity index is 2200. The molecule has 2 aromatic heterocycles. The first-order chi connectivity index (χ1) is 21.8. The second-order valence-corrected chi connectivity index (χ2v) is 10.8. The average molecular weight is 562 g/mol. The van der Waals surface area contributed by atoms with Crippen molar-refractivity contribution < 1.29 is 0 Å². The molecule has 0 bridgehead atoms. The number of hydrogen-bond donors (Lipinski definition) is 0. The van der Waals surface area contributed by atoms with Crippen LogP contribution in [-0.2, 0) is 0 Å². The van der Waals surface area contributed by atoms with Gasteiger partial charge in [-0.2, -0.15) is 0 Å². The van der Waals surface area contributed by atoms with Gasteiger partial charge in [0.25, 0.3) is 0 Å². The molecular weight excluding hydrogens is 534 g/mol. The Morgan fingerprint density at radius 3 is 1.64 bits per heavy atom. The highest BCUT2D eigenvalue weighted by Gasteiger charge is 2.16. The standard InChI is InChI=1S/C41H27N3/c1-4-14-28(15-5-1)37-27-38(44-41(43-37)30-18-8-3-9-19-30)32-21-12-20-31(26-32)33-23-13-24-35-39(33)34-22-10-11-25-36(34)42-40(35)29-16-6-2-7-17-29/h1-27H. The van der Waals surface area contributed by atoms with E-state index in [-0.39, 0.29) is 0 Å². The lowest BCUT2D eigenvalue weighted by Crippen LogP contribution is -1.96. The highest BCUT2D eigenvalue weighted by atomic mass is 14.9. The Morgan fingerprint density at radius 1 is 0.341 bits per heavy atom. The molecule has 0 saturated carbocycles. The molecule has 0 unspecified atom stereocenters. The van der Waals surface area contributed by atoms with E-state index in [2.05, 4.69) is 121 Å². The van der Waals surface area contributed by atoms with Gasteiger partial charge >= 0.3 is 0 Å². The average Bonchev–Trinajstić information content (AvgIpc) is 3.12. The van der Waals surface area contributed by atoms with Crippen LogP contribution in [0.3, 0.4) is 0 Å². The molecule has 0 radical (unpaired) electrons. The first-order valence-corrected chi connectivity index (χ1v) is 14.8. The van der Waals surface area contributed by atoms with E-state index >= 15 is 0 Å². The van der Waals surface area contributed by atoms with Crippen LogP contribution in [0, 0.1) is 0 Å². The molecule has 0 aliphatic carbocycles. The van der Waals surface area contributed by atoms with Crippen LogP contribution >= 0.6 is 0 Å². The molecule has 2 heterocycles. The summed E-state index contributed by atoms with van der Waals surface area (Å²) in [6, 6.07) is 56.7. The van der Waals surface area contributed by atoms with Crippen LogP contribution in [0.25, 0.3) is 78.0 Å². The van der Waals surface area contributed by atoms with Gasteiger partial charge in [0.2, 0.25) is 0 Å². The molecule has 0 fully saturated rings. The van der Waals surface area contributed by atoms with Crippen molar-refractivity contribution in [3.05, 3.63) is 164 Å². The number of benzene rings is 6. The monoisotopic (exact) mass is 561 g/mol. The Morgan fingerprint density at radius 2 is 0.886 bits per heavy atom. The van der Waals surface area contributed by atoms with Crippen molar-refractivity contribution in [1.82, 2.24) is 15.0 Å². The number of hydrogen-bond acceptors (Lipinski definition) is 3. The summed E-state index contributed by atoms with van der Waals surface area (Å²) in [5, 5.41) is 3.48. The van der Waals surface area contributed by atoms with Crippen molar-refractivity contribution >= 4 is 21.7 Å². The SMILES string of the molecule is c1ccc(-c2cc(-c3cccc(-c4cccc5c(-c6ccccc6)nc6ccccc6c45)c3)nc(-c3ccccc3)n2)cc1. The predicted molar refractivity (Wildman–Crippen MR) is 182 cm³/mol. The lowest BCUT2D eigenvalue weighted by Gasteiger charge is -2.15. The molecule has 0 aliphatic heterocycles. The van der Waals surface area contributed by atoms with Gasteiger partial charge in [-0.15, -0.1) is 0 Å². The third-order valence-electron chi connectivity index (χ3n) is 8.07. The fraction of sp³-hybridized carbons (Fsp3) is 0. The topological polar surface area (TPSA) is 38.7 Å². The smallest absolute Gasteiger partial charge is 0.160 e. The molecule has 0 amide bonds. The van der Waals surface area contributed by atoms with Crippen LogP contribution in [0.15, 0.2) is 164 Å². The summed E-state index contributed by atoms with van der Waals surface area (Å²) in [4.78, 5) is 15.2. The molecule has 3 nitrogen and oxygen atoms in total. The van der Waals surface area contributed by atoms with Crippen LogP contribution in [0.1, 0.15) is 0 Å². The molecule has 0 aliphatic rings. The fourth-order valence-electron chi connectivity index (χ4n) is 5.97. The van der Waals surface area contributed by atoms with Crippen LogP contribution in [0.2, 0.25) is 0 Å². The van der Waals surface area contributed by atoms with Gasteiger partial charge in [0.1, 0.15) is 0 Å². The molecule has 8 rings (SSSR count).